The van der Waals surface area contributed by atoms with Crippen molar-refractivity contribution >= 4 is 11.8 Å². The van der Waals surface area contributed by atoms with E-state index in [9.17, 15) is 4.79 Å². The van der Waals surface area contributed by atoms with Crippen molar-refractivity contribution < 1.29 is 14.3 Å². The van der Waals surface area contributed by atoms with Crippen LogP contribution in [-0.4, -0.2) is 30.6 Å². The van der Waals surface area contributed by atoms with Crippen molar-refractivity contribution in [2.75, 3.05) is 18.6 Å². The number of esters is 1. The van der Waals surface area contributed by atoms with Crippen LogP contribution in [0, 0.1) is 11.8 Å². The summed E-state index contributed by atoms with van der Waals surface area (Å²) >= 11 is 0. The summed E-state index contributed by atoms with van der Waals surface area (Å²) < 4.78 is 10.8. The molecule has 0 amide bonds. The second-order valence-corrected chi connectivity index (χ2v) is 6.39. The number of methoxy groups -OCH3 is 1. The third kappa shape index (κ3) is 2.82. The summed E-state index contributed by atoms with van der Waals surface area (Å²) in [5.41, 5.74) is 1.10. The molecule has 2 fully saturated rings. The Balaban J connectivity index is 1.49. The first kappa shape index (κ1) is 15.0. The fourth-order valence-corrected chi connectivity index (χ4v) is 3.50. The van der Waals surface area contributed by atoms with Gasteiger partial charge in [-0.05, 0) is 29.9 Å². The van der Waals surface area contributed by atoms with Crippen LogP contribution in [0.25, 0.3) is 0 Å². The van der Waals surface area contributed by atoms with Crippen molar-refractivity contribution in [1.29, 1.82) is 0 Å². The smallest absolute Gasteiger partial charge is 0.328 e. The average molecular weight is 324 g/mol. The average Bonchev–Trinajstić information content (AvgIpc) is 3.30. The maximum atomic E-state index is 12.1. The molecule has 5 nitrogen and oxygen atoms in total. The van der Waals surface area contributed by atoms with Crippen molar-refractivity contribution in [3.63, 3.8) is 0 Å². The molecular weight excluding hydrogens is 304 g/mol. The van der Waals surface area contributed by atoms with E-state index in [0.29, 0.717) is 24.3 Å². The molecule has 1 aliphatic heterocycles. The number of fused-ring (bicyclic) bond motifs is 1. The van der Waals surface area contributed by atoms with E-state index in [2.05, 4.69) is 9.88 Å². The monoisotopic (exact) mass is 324 g/mol. The molecule has 3 atom stereocenters. The molecule has 1 aromatic carbocycles. The van der Waals surface area contributed by atoms with Gasteiger partial charge in [-0.3, -0.25) is 0 Å². The number of anilines is 1. The number of pyridine rings is 1. The molecule has 2 heterocycles. The number of hydrogen-bond donors (Lipinski definition) is 0. The van der Waals surface area contributed by atoms with Crippen LogP contribution in [0.3, 0.4) is 0 Å². The third-order valence-electron chi connectivity index (χ3n) is 4.83. The topological polar surface area (TPSA) is 51.7 Å². The lowest BCUT2D eigenvalue weighted by molar-refractivity contribution is -0.142. The first-order valence-electron chi connectivity index (χ1n) is 8.24. The minimum absolute atomic E-state index is 0.169. The minimum Gasteiger partial charge on any atom is -0.473 e. The Kier molecular flexibility index (Phi) is 3.84. The summed E-state index contributed by atoms with van der Waals surface area (Å²) in [4.78, 5) is 18.8. The first-order valence-corrected chi connectivity index (χ1v) is 8.24. The zero-order chi connectivity index (χ0) is 16.5. The predicted molar refractivity (Wildman–Crippen MR) is 89.8 cm³/mol. The summed E-state index contributed by atoms with van der Waals surface area (Å²) in [7, 11) is 1.45. The predicted octanol–water partition coefficient (Wildman–Crippen LogP) is 2.66. The van der Waals surface area contributed by atoms with Crippen LogP contribution in [0.2, 0.25) is 0 Å². The molecule has 2 aliphatic rings. The van der Waals surface area contributed by atoms with Gasteiger partial charge in [-0.15, -0.1) is 0 Å². The number of aromatic nitrogens is 1. The highest BCUT2D eigenvalue weighted by Gasteiger charge is 2.56. The van der Waals surface area contributed by atoms with Gasteiger partial charge in [0.1, 0.15) is 18.5 Å². The lowest BCUT2D eigenvalue weighted by Gasteiger charge is -2.26. The molecule has 1 aliphatic carbocycles. The van der Waals surface area contributed by atoms with Gasteiger partial charge in [-0.1, -0.05) is 36.4 Å². The molecule has 0 spiro atoms. The van der Waals surface area contributed by atoms with Gasteiger partial charge in [0.15, 0.2) is 0 Å². The molecule has 0 radical (unpaired) electrons. The Morgan fingerprint density at radius 3 is 2.83 bits per heavy atom. The second-order valence-electron chi connectivity index (χ2n) is 6.39. The lowest BCUT2D eigenvalue weighted by atomic mass is 10.2. The SMILES string of the molecule is COC(=O)C1C2CC2CN1c1cccc(OCc2ccccc2)n1. The number of rotatable bonds is 5. The molecule has 1 saturated carbocycles. The van der Waals surface area contributed by atoms with Gasteiger partial charge in [0, 0.05) is 12.6 Å². The van der Waals surface area contributed by atoms with Crippen LogP contribution in [0.5, 0.6) is 5.88 Å². The molecule has 1 aromatic heterocycles. The molecule has 3 unspecified atom stereocenters. The van der Waals surface area contributed by atoms with E-state index in [1.807, 2.05) is 48.5 Å². The number of ether oxygens (including phenoxy) is 2. The van der Waals surface area contributed by atoms with Gasteiger partial charge < -0.3 is 14.4 Å². The summed E-state index contributed by atoms with van der Waals surface area (Å²) in [5, 5.41) is 0. The van der Waals surface area contributed by atoms with E-state index >= 15 is 0 Å². The van der Waals surface area contributed by atoms with Gasteiger partial charge in [-0.2, -0.15) is 4.98 Å². The molecule has 124 valence electrons. The Morgan fingerprint density at radius 2 is 2.04 bits per heavy atom. The van der Waals surface area contributed by atoms with Crippen molar-refractivity contribution in [3.05, 3.63) is 54.1 Å². The number of carbonyl (C=O) groups is 1. The number of benzene rings is 1. The van der Waals surface area contributed by atoms with E-state index in [0.717, 1.165) is 24.3 Å². The van der Waals surface area contributed by atoms with Crippen LogP contribution >= 0.6 is 0 Å². The maximum absolute atomic E-state index is 12.1. The fourth-order valence-electron chi connectivity index (χ4n) is 3.50. The minimum atomic E-state index is -0.211. The largest absolute Gasteiger partial charge is 0.473 e. The first-order chi connectivity index (χ1) is 11.8. The van der Waals surface area contributed by atoms with Crippen LogP contribution in [0.4, 0.5) is 5.82 Å². The molecule has 2 aromatic rings. The highest BCUT2D eigenvalue weighted by atomic mass is 16.5. The molecule has 24 heavy (non-hydrogen) atoms. The molecule has 1 saturated heterocycles. The van der Waals surface area contributed by atoms with Gasteiger partial charge in [-0.25, -0.2) is 4.79 Å². The van der Waals surface area contributed by atoms with Crippen LogP contribution in [0.1, 0.15) is 12.0 Å². The van der Waals surface area contributed by atoms with Crippen LogP contribution in [0.15, 0.2) is 48.5 Å². The Hall–Kier alpha value is -2.56. The molecule has 0 N–H and O–H groups in total. The fraction of sp³-hybridized carbons (Fsp3) is 0.368. The van der Waals surface area contributed by atoms with Gasteiger partial charge in [0.25, 0.3) is 0 Å². The molecular formula is C19H20N2O3. The van der Waals surface area contributed by atoms with Crippen molar-refractivity contribution in [1.82, 2.24) is 4.98 Å². The summed E-state index contributed by atoms with van der Waals surface area (Å²) in [5.74, 6) is 2.18. The number of piperidine rings is 1. The van der Waals surface area contributed by atoms with E-state index in [1.54, 1.807) is 0 Å². The van der Waals surface area contributed by atoms with Crippen LogP contribution in [-0.2, 0) is 16.1 Å². The van der Waals surface area contributed by atoms with E-state index < -0.39 is 0 Å². The van der Waals surface area contributed by atoms with E-state index in [-0.39, 0.29) is 12.0 Å². The van der Waals surface area contributed by atoms with E-state index in [1.165, 1.54) is 7.11 Å². The number of carbonyl (C=O) groups excluding carboxylic acids is 1. The molecule has 4 rings (SSSR count). The number of nitrogens with zero attached hydrogens (tertiary/aromatic N) is 2. The zero-order valence-electron chi connectivity index (χ0n) is 13.6. The Labute approximate surface area is 141 Å². The molecule has 0 bridgehead atoms. The Morgan fingerprint density at radius 1 is 1.21 bits per heavy atom. The van der Waals surface area contributed by atoms with Crippen molar-refractivity contribution in [2.24, 2.45) is 11.8 Å². The quantitative estimate of drug-likeness (QED) is 0.792. The second kappa shape index (κ2) is 6.15. The molecule has 5 heteroatoms. The normalized spacial score (nSPS) is 24.4. The summed E-state index contributed by atoms with van der Waals surface area (Å²) in [6, 6.07) is 15.5. The highest BCUT2D eigenvalue weighted by molar-refractivity contribution is 5.81. The summed E-state index contributed by atoms with van der Waals surface area (Å²) in [6.07, 6.45) is 1.11. The number of hydrogen-bond acceptors (Lipinski definition) is 5. The van der Waals surface area contributed by atoms with Crippen molar-refractivity contribution in [2.45, 2.75) is 19.1 Å². The maximum Gasteiger partial charge on any atom is 0.328 e. The Bertz CT molecular complexity index is 734. The zero-order valence-corrected chi connectivity index (χ0v) is 13.6. The van der Waals surface area contributed by atoms with Crippen LogP contribution < -0.4 is 9.64 Å². The summed E-state index contributed by atoms with van der Waals surface area (Å²) in [6.45, 7) is 1.34. The van der Waals surface area contributed by atoms with Gasteiger partial charge >= 0.3 is 5.97 Å². The van der Waals surface area contributed by atoms with Crippen molar-refractivity contribution in [3.8, 4) is 5.88 Å². The third-order valence-corrected chi connectivity index (χ3v) is 4.83. The lowest BCUT2D eigenvalue weighted by Crippen LogP contribution is -2.40. The highest BCUT2D eigenvalue weighted by Crippen LogP contribution is 2.50. The van der Waals surface area contributed by atoms with Gasteiger partial charge in [0.2, 0.25) is 5.88 Å². The standard InChI is InChI=1S/C19H20N2O3/c1-23-19(22)18-15-10-14(15)11-21(18)16-8-5-9-17(20-16)24-12-13-6-3-2-4-7-13/h2-9,14-15,18H,10-12H2,1H3. The van der Waals surface area contributed by atoms with E-state index in [4.69, 9.17) is 9.47 Å². The van der Waals surface area contributed by atoms with Gasteiger partial charge in [0.05, 0.1) is 7.11 Å².